The average Bonchev–Trinajstić information content (AvgIpc) is 3.18. The van der Waals surface area contributed by atoms with Crippen LogP contribution in [-0.2, 0) is 23.9 Å². The van der Waals surface area contributed by atoms with E-state index in [2.05, 4.69) is 0 Å². The number of fused-ring (bicyclic) bond motifs is 2. The summed E-state index contributed by atoms with van der Waals surface area (Å²) < 4.78 is 50.3. The van der Waals surface area contributed by atoms with Crippen LogP contribution in [-0.4, -0.2) is 121 Å². The Morgan fingerprint density at radius 3 is 2.35 bits per heavy atom. The number of ketones is 2. The Morgan fingerprint density at radius 2 is 1.77 bits per heavy atom. The molecule has 1 aromatic rings. The Morgan fingerprint density at radius 1 is 1.12 bits per heavy atom. The average molecular weight is 609 g/mol. The Bertz CT molecular complexity index is 1440. The van der Waals surface area contributed by atoms with Crippen molar-refractivity contribution in [1.29, 1.82) is 0 Å². The number of halogens is 3. The predicted octanol–water partition coefficient (Wildman–Crippen LogP) is 0.366. The van der Waals surface area contributed by atoms with Crippen molar-refractivity contribution in [3.63, 3.8) is 0 Å². The topological polar surface area (TPSA) is 148 Å². The van der Waals surface area contributed by atoms with Gasteiger partial charge in [-0.2, -0.15) is 0 Å². The second-order valence-corrected chi connectivity index (χ2v) is 11.2. The number of aliphatic carboxylic acids is 1. The molecule has 232 valence electrons. The maximum atomic E-state index is 16.1. The maximum absolute atomic E-state index is 16.1. The van der Waals surface area contributed by atoms with Crippen molar-refractivity contribution in [1.82, 2.24) is 9.80 Å². The monoisotopic (exact) mass is 608 g/mol. The molecule has 5 atom stereocenters. The summed E-state index contributed by atoms with van der Waals surface area (Å²) in [7, 11) is 1.84. The van der Waals surface area contributed by atoms with E-state index in [1.807, 2.05) is 11.9 Å². The van der Waals surface area contributed by atoms with Crippen LogP contribution in [0.15, 0.2) is 17.3 Å². The fraction of sp³-hybridized carbons (Fsp3) is 0.536. The summed E-state index contributed by atoms with van der Waals surface area (Å²) in [5.41, 5.74) is -2.12. The minimum absolute atomic E-state index is 0.0278. The number of carbonyl (C=O) groups excluding carboxylic acids is 4. The summed E-state index contributed by atoms with van der Waals surface area (Å²) in [4.78, 5) is 69.2. The predicted molar refractivity (Wildman–Crippen MR) is 143 cm³/mol. The summed E-state index contributed by atoms with van der Waals surface area (Å²) in [6.45, 7) is 1.88. The van der Waals surface area contributed by atoms with Gasteiger partial charge in [0, 0.05) is 44.2 Å². The van der Waals surface area contributed by atoms with Crippen molar-refractivity contribution in [2.24, 2.45) is 11.8 Å². The van der Waals surface area contributed by atoms with Crippen molar-refractivity contribution < 1.29 is 52.1 Å². The molecule has 0 aromatic heterocycles. The molecule has 12 nitrogen and oxygen atoms in total. The molecule has 0 radical (unpaired) electrons. The van der Waals surface area contributed by atoms with Gasteiger partial charge in [-0.15, -0.1) is 0 Å². The highest BCUT2D eigenvalue weighted by Gasteiger charge is 2.60. The Hall–Kier alpha value is -3.98. The highest BCUT2D eigenvalue weighted by molar-refractivity contribution is 6.51. The number of nitrogens with zero attached hydrogens (tertiary/aromatic N) is 4. The normalized spacial score (nSPS) is 26.4. The number of aliphatic hydroxyl groups excluding tert-OH is 1. The van der Waals surface area contributed by atoms with E-state index in [1.54, 1.807) is 6.92 Å². The van der Waals surface area contributed by atoms with Gasteiger partial charge in [0.25, 0.3) is 0 Å². The summed E-state index contributed by atoms with van der Waals surface area (Å²) in [5.74, 6) is -10.0. The number of aliphatic hydroxyl groups is 1. The highest BCUT2D eigenvalue weighted by Crippen LogP contribution is 2.47. The number of ether oxygens (including phenoxy) is 1. The number of anilines is 2. The van der Waals surface area contributed by atoms with Crippen molar-refractivity contribution >= 4 is 40.8 Å². The first-order chi connectivity index (χ1) is 20.3. The van der Waals surface area contributed by atoms with Gasteiger partial charge in [-0.05, 0) is 20.0 Å². The number of hydrogen-bond acceptors (Lipinski definition) is 10. The molecule has 2 N–H and O–H groups in total. The number of hydrogen-bond donors (Lipinski definition) is 2. The molecule has 5 rings (SSSR count). The van der Waals surface area contributed by atoms with Crippen molar-refractivity contribution in [2.45, 2.75) is 32.0 Å². The first kappa shape index (κ1) is 30.5. The van der Waals surface area contributed by atoms with E-state index in [0.717, 1.165) is 9.80 Å². The lowest BCUT2D eigenvalue weighted by molar-refractivity contribution is -0.163. The Kier molecular flexibility index (Phi) is 7.98. The van der Waals surface area contributed by atoms with Gasteiger partial charge in [0.2, 0.25) is 17.5 Å². The van der Waals surface area contributed by atoms with Crippen LogP contribution in [0.3, 0.4) is 0 Å². The SMILES string of the molecule is CC(O)[C@H]1C(=O)N2C(C(=O)O)=C(COC(=O)C3C(=O)C(=O)c4cc(F)c(N5CCN(C)CC5)c(F)c4N3CCF)[C@H](C)[C@H]12. The Balaban J connectivity index is 1.46. The minimum atomic E-state index is -2.12. The van der Waals surface area contributed by atoms with Crippen molar-refractivity contribution in [3.05, 3.63) is 34.5 Å². The molecule has 4 aliphatic rings. The lowest BCUT2D eigenvalue weighted by Gasteiger charge is -2.46. The molecule has 15 heteroatoms. The molecule has 4 aliphatic heterocycles. The fourth-order valence-electron chi connectivity index (χ4n) is 6.53. The molecular weight excluding hydrogens is 577 g/mol. The second-order valence-electron chi connectivity index (χ2n) is 11.2. The van der Waals surface area contributed by atoms with Crippen molar-refractivity contribution in [2.75, 3.05) is 62.9 Å². The van der Waals surface area contributed by atoms with Gasteiger partial charge in [0.1, 0.15) is 30.5 Å². The number of esters is 1. The van der Waals surface area contributed by atoms with Crippen LogP contribution in [0.1, 0.15) is 24.2 Å². The van der Waals surface area contributed by atoms with Gasteiger partial charge in [-0.1, -0.05) is 6.92 Å². The number of carbonyl (C=O) groups is 5. The number of Topliss-reactive ketones (excluding diaryl/α,β-unsaturated/α-hetero) is 2. The summed E-state index contributed by atoms with van der Waals surface area (Å²) in [6, 6.07) is -2.11. The van der Waals surface area contributed by atoms with E-state index < -0.39 is 114 Å². The molecule has 0 saturated carbocycles. The lowest BCUT2D eigenvalue weighted by Crippen LogP contribution is -2.63. The van der Waals surface area contributed by atoms with E-state index >= 15 is 8.78 Å². The molecule has 2 fully saturated rings. The quantitative estimate of drug-likeness (QED) is 0.183. The first-order valence-corrected chi connectivity index (χ1v) is 13.8. The molecule has 1 amide bonds. The van der Waals surface area contributed by atoms with E-state index in [4.69, 9.17) is 4.74 Å². The van der Waals surface area contributed by atoms with Gasteiger partial charge in [-0.3, -0.25) is 14.4 Å². The third-order valence-electron chi connectivity index (χ3n) is 8.74. The summed E-state index contributed by atoms with van der Waals surface area (Å²) in [6.07, 6.45) is -1.07. The Labute approximate surface area is 244 Å². The summed E-state index contributed by atoms with van der Waals surface area (Å²) >= 11 is 0. The van der Waals surface area contributed by atoms with Gasteiger partial charge < -0.3 is 34.5 Å². The molecule has 2 unspecified atom stereocenters. The molecule has 1 aromatic carbocycles. The highest BCUT2D eigenvalue weighted by atomic mass is 19.1. The van der Waals surface area contributed by atoms with Crippen LogP contribution < -0.4 is 9.80 Å². The minimum Gasteiger partial charge on any atom is -0.477 e. The van der Waals surface area contributed by atoms with Gasteiger partial charge in [0.05, 0.1) is 29.3 Å². The number of amides is 1. The number of benzene rings is 1. The zero-order chi connectivity index (χ0) is 31.5. The largest absolute Gasteiger partial charge is 0.477 e. The zero-order valence-electron chi connectivity index (χ0n) is 23.7. The van der Waals surface area contributed by atoms with Crippen molar-refractivity contribution in [3.8, 4) is 0 Å². The van der Waals surface area contributed by atoms with Gasteiger partial charge >= 0.3 is 11.9 Å². The van der Waals surface area contributed by atoms with Gasteiger partial charge in [-0.25, -0.2) is 22.8 Å². The van der Waals surface area contributed by atoms with Crippen LogP contribution >= 0.6 is 0 Å². The fourth-order valence-corrected chi connectivity index (χ4v) is 6.53. The first-order valence-electron chi connectivity index (χ1n) is 13.8. The van der Waals surface area contributed by atoms with Crippen LogP contribution in [0, 0.1) is 23.5 Å². The third-order valence-corrected chi connectivity index (χ3v) is 8.74. The number of β-lactam (4-membered cyclic amide) rings is 1. The molecule has 2 saturated heterocycles. The second kappa shape index (κ2) is 11.3. The smallest absolute Gasteiger partial charge is 0.352 e. The summed E-state index contributed by atoms with van der Waals surface area (Å²) in [5, 5.41) is 19.8. The number of piperazine rings is 1. The molecule has 0 spiro atoms. The maximum Gasteiger partial charge on any atom is 0.352 e. The molecule has 0 bridgehead atoms. The van der Waals surface area contributed by atoms with Gasteiger partial charge in [0.15, 0.2) is 11.9 Å². The van der Waals surface area contributed by atoms with Crippen LogP contribution in [0.2, 0.25) is 0 Å². The van der Waals surface area contributed by atoms with Crippen LogP contribution in [0.5, 0.6) is 0 Å². The van der Waals surface area contributed by atoms with Crippen LogP contribution in [0.25, 0.3) is 0 Å². The molecular formula is C28H31F3N4O8. The van der Waals surface area contributed by atoms with Crippen LogP contribution in [0.4, 0.5) is 24.5 Å². The third kappa shape index (κ3) is 4.74. The van der Waals surface area contributed by atoms with E-state index in [9.17, 15) is 38.6 Å². The molecule has 4 heterocycles. The lowest BCUT2D eigenvalue weighted by atomic mass is 9.78. The zero-order valence-corrected chi connectivity index (χ0v) is 23.7. The molecule has 0 aliphatic carbocycles. The number of carboxylic acid groups (broad SMARTS) is 1. The number of rotatable bonds is 8. The standard InChI is InChI=1S/C28H31F3N4O8/c1-12-15(21(27(40)41)35-19(12)17(13(2)36)26(35)39)11-43-28(42)23-25(38)24(37)14-10-16(30)22(33-8-6-32(3)7-9-33)18(31)20(14)34(23)5-4-29/h10,12-13,17,19,23,36H,4-9,11H2,1-3H3,(H,40,41)/t12-,13?,17+,19+,23?/m0/s1. The molecule has 43 heavy (non-hydrogen) atoms. The number of likely N-dealkylation sites (N-methyl/N-ethyl adjacent to an activating group) is 1. The number of carboxylic acids is 1. The van der Waals surface area contributed by atoms with E-state index in [-0.39, 0.29) is 18.7 Å². The van der Waals surface area contributed by atoms with E-state index in [1.165, 1.54) is 11.8 Å². The van der Waals surface area contributed by atoms with E-state index in [0.29, 0.717) is 19.2 Å². The number of alkyl halides is 1.